The summed E-state index contributed by atoms with van der Waals surface area (Å²) in [4.78, 5) is 27.1. The van der Waals surface area contributed by atoms with E-state index in [4.69, 9.17) is 4.74 Å². The zero-order valence-corrected chi connectivity index (χ0v) is 12.2. The Kier molecular flexibility index (Phi) is 6.07. The lowest BCUT2D eigenvalue weighted by Gasteiger charge is -1.97. The van der Waals surface area contributed by atoms with Crippen LogP contribution in [0.3, 0.4) is 0 Å². The first-order valence-electron chi connectivity index (χ1n) is 5.49. The molecule has 0 spiro atoms. The normalized spacial score (nSPS) is 10.8. The van der Waals surface area contributed by atoms with Gasteiger partial charge in [0.25, 0.3) is 0 Å². The summed E-state index contributed by atoms with van der Waals surface area (Å²) in [6.45, 7) is 5.44. The van der Waals surface area contributed by atoms with E-state index in [0.717, 1.165) is 5.01 Å². The summed E-state index contributed by atoms with van der Waals surface area (Å²) in [7, 11) is 0. The summed E-state index contributed by atoms with van der Waals surface area (Å²) >= 11 is 2.54. The molecule has 0 aliphatic carbocycles. The molecule has 1 aromatic heterocycles. The van der Waals surface area contributed by atoms with Gasteiger partial charge in [0.1, 0.15) is 9.88 Å². The topological polar surface area (TPSA) is 56.3 Å². The Bertz CT molecular complexity index is 466. The Morgan fingerprint density at radius 2 is 2.22 bits per heavy atom. The quantitative estimate of drug-likeness (QED) is 0.779. The molecule has 0 aromatic carbocycles. The van der Waals surface area contributed by atoms with E-state index in [2.05, 4.69) is 4.98 Å². The van der Waals surface area contributed by atoms with E-state index < -0.39 is 0 Å². The second-order valence-electron chi connectivity index (χ2n) is 3.39. The molecule has 0 unspecified atom stereocenters. The minimum Gasteiger partial charge on any atom is -0.462 e. The third-order valence-electron chi connectivity index (χ3n) is 1.92. The van der Waals surface area contributed by atoms with Crippen molar-refractivity contribution in [3.63, 3.8) is 0 Å². The first-order chi connectivity index (χ1) is 8.54. The molecule has 1 heterocycles. The monoisotopic (exact) mass is 285 g/mol. The lowest BCUT2D eigenvalue weighted by atomic mass is 10.4. The maximum absolute atomic E-state index is 11.6. The minimum atomic E-state index is -0.328. The molecule has 0 amide bonds. The van der Waals surface area contributed by atoms with Crippen LogP contribution < -0.4 is 0 Å². The van der Waals surface area contributed by atoms with Crippen molar-refractivity contribution in [1.82, 2.24) is 4.98 Å². The van der Waals surface area contributed by atoms with E-state index in [-0.39, 0.29) is 11.1 Å². The highest BCUT2D eigenvalue weighted by Gasteiger charge is 2.14. The van der Waals surface area contributed by atoms with Crippen LogP contribution in [0.2, 0.25) is 0 Å². The lowest BCUT2D eigenvalue weighted by Crippen LogP contribution is -2.03. The molecular weight excluding hydrogens is 270 g/mol. The van der Waals surface area contributed by atoms with Crippen LogP contribution in [-0.4, -0.2) is 28.4 Å². The van der Waals surface area contributed by atoms with Crippen LogP contribution in [0.25, 0.3) is 6.08 Å². The summed E-state index contributed by atoms with van der Waals surface area (Å²) in [6.07, 6.45) is 3.68. The van der Waals surface area contributed by atoms with Gasteiger partial charge in [-0.3, -0.25) is 4.79 Å². The van der Waals surface area contributed by atoms with Crippen LogP contribution in [0.1, 0.15) is 34.2 Å². The van der Waals surface area contributed by atoms with Crippen LogP contribution in [0.4, 0.5) is 0 Å². The van der Waals surface area contributed by atoms with Crippen molar-refractivity contribution >= 4 is 40.3 Å². The van der Waals surface area contributed by atoms with Crippen molar-refractivity contribution < 1.29 is 14.3 Å². The van der Waals surface area contributed by atoms with Gasteiger partial charge in [0.05, 0.1) is 12.3 Å². The van der Waals surface area contributed by atoms with Gasteiger partial charge in [-0.15, -0.1) is 11.3 Å². The molecule has 0 radical (unpaired) electrons. The van der Waals surface area contributed by atoms with Gasteiger partial charge in [0.15, 0.2) is 5.12 Å². The molecule has 0 N–H and O–H groups in total. The molecule has 0 bridgehead atoms. The molecular formula is C12H15NO3S2. The van der Waals surface area contributed by atoms with Crippen LogP contribution >= 0.6 is 23.1 Å². The number of rotatable bonds is 5. The van der Waals surface area contributed by atoms with Crippen molar-refractivity contribution in [1.29, 1.82) is 0 Å². The van der Waals surface area contributed by atoms with Gasteiger partial charge in [-0.25, -0.2) is 9.78 Å². The molecule has 4 nitrogen and oxygen atoms in total. The molecule has 1 aromatic rings. The Morgan fingerprint density at radius 3 is 2.83 bits per heavy atom. The number of aryl methyl sites for hydroxylation is 1. The second-order valence-corrected chi connectivity index (χ2v) is 5.62. The summed E-state index contributed by atoms with van der Waals surface area (Å²) in [5, 5.41) is 0.835. The van der Waals surface area contributed by atoms with Gasteiger partial charge in [-0.1, -0.05) is 17.8 Å². The van der Waals surface area contributed by atoms with Crippen LogP contribution in [0, 0.1) is 6.92 Å². The molecule has 0 fully saturated rings. The van der Waals surface area contributed by atoms with Crippen molar-refractivity contribution in [3.8, 4) is 0 Å². The maximum atomic E-state index is 11.6. The molecule has 98 valence electrons. The summed E-state index contributed by atoms with van der Waals surface area (Å²) in [6, 6.07) is 0. The number of esters is 1. The molecule has 0 saturated carbocycles. The van der Waals surface area contributed by atoms with E-state index in [1.54, 1.807) is 13.8 Å². The molecule has 18 heavy (non-hydrogen) atoms. The summed E-state index contributed by atoms with van der Waals surface area (Å²) in [5.41, 5.74) is 0.678. The fraction of sp³-hybridized carbons (Fsp3) is 0.417. The first kappa shape index (κ1) is 14.9. The average Bonchev–Trinajstić information content (AvgIpc) is 2.66. The Hall–Kier alpha value is -1.14. The number of aromatic nitrogens is 1. The van der Waals surface area contributed by atoms with Crippen molar-refractivity contribution in [3.05, 3.63) is 21.7 Å². The maximum Gasteiger partial charge on any atom is 0.350 e. The highest BCUT2D eigenvalue weighted by molar-refractivity contribution is 8.13. The number of thioether (sulfide) groups is 1. The fourth-order valence-corrected chi connectivity index (χ4v) is 2.51. The Balaban J connectivity index is 2.66. The predicted molar refractivity (Wildman–Crippen MR) is 75.0 cm³/mol. The molecule has 1 rings (SSSR count). The van der Waals surface area contributed by atoms with Gasteiger partial charge in [-0.05, 0) is 19.9 Å². The third kappa shape index (κ3) is 4.62. The minimum absolute atomic E-state index is 0.0854. The van der Waals surface area contributed by atoms with Gasteiger partial charge in [0, 0.05) is 12.7 Å². The molecule has 0 aliphatic rings. The van der Waals surface area contributed by atoms with Crippen molar-refractivity contribution in [2.45, 2.75) is 20.8 Å². The van der Waals surface area contributed by atoms with Gasteiger partial charge >= 0.3 is 5.97 Å². The van der Waals surface area contributed by atoms with Crippen LogP contribution in [0.5, 0.6) is 0 Å². The largest absolute Gasteiger partial charge is 0.462 e. The van der Waals surface area contributed by atoms with E-state index in [1.807, 2.05) is 12.2 Å². The number of ether oxygens (including phenoxy) is 1. The van der Waals surface area contributed by atoms with E-state index in [1.165, 1.54) is 30.0 Å². The zero-order chi connectivity index (χ0) is 13.5. The first-order valence-corrected chi connectivity index (χ1v) is 7.29. The number of hydrogen-bond donors (Lipinski definition) is 0. The van der Waals surface area contributed by atoms with Gasteiger partial charge < -0.3 is 4.74 Å². The number of carbonyl (C=O) groups is 2. The van der Waals surface area contributed by atoms with Crippen LogP contribution in [-0.2, 0) is 9.53 Å². The van der Waals surface area contributed by atoms with Gasteiger partial charge in [0.2, 0.25) is 0 Å². The smallest absolute Gasteiger partial charge is 0.350 e. The SMILES string of the molecule is CCOC(=O)c1sc(C=CCSC(C)=O)nc1C. The zero-order valence-electron chi connectivity index (χ0n) is 10.6. The third-order valence-corrected chi connectivity index (χ3v) is 3.79. The van der Waals surface area contributed by atoms with E-state index >= 15 is 0 Å². The van der Waals surface area contributed by atoms with Crippen LogP contribution in [0.15, 0.2) is 6.08 Å². The molecule has 0 atom stereocenters. The number of nitrogens with zero attached hydrogens (tertiary/aromatic N) is 1. The molecule has 6 heteroatoms. The number of carbonyl (C=O) groups excluding carboxylic acids is 2. The lowest BCUT2D eigenvalue weighted by molar-refractivity contribution is -0.109. The predicted octanol–water partition coefficient (Wildman–Crippen LogP) is 2.92. The van der Waals surface area contributed by atoms with Gasteiger partial charge in [-0.2, -0.15) is 0 Å². The standard InChI is InChI=1S/C12H15NO3S2/c1-4-16-12(15)11-8(2)13-10(18-11)6-5-7-17-9(3)14/h5-6H,4,7H2,1-3H3. The van der Waals surface area contributed by atoms with Crippen molar-refractivity contribution in [2.24, 2.45) is 0 Å². The molecule has 0 aliphatic heterocycles. The van der Waals surface area contributed by atoms with E-state index in [9.17, 15) is 9.59 Å². The fourth-order valence-electron chi connectivity index (χ4n) is 1.19. The number of hydrogen-bond acceptors (Lipinski definition) is 6. The molecule has 0 saturated heterocycles. The average molecular weight is 285 g/mol. The Morgan fingerprint density at radius 1 is 1.50 bits per heavy atom. The van der Waals surface area contributed by atoms with E-state index in [0.29, 0.717) is 22.9 Å². The van der Waals surface area contributed by atoms with Crippen molar-refractivity contribution in [2.75, 3.05) is 12.4 Å². The highest BCUT2D eigenvalue weighted by Crippen LogP contribution is 2.20. The summed E-state index contributed by atoms with van der Waals surface area (Å²) in [5.74, 6) is 0.285. The summed E-state index contributed by atoms with van der Waals surface area (Å²) < 4.78 is 4.94. The Labute approximate surface area is 114 Å². The number of thiazole rings is 1. The highest BCUT2D eigenvalue weighted by atomic mass is 32.2. The second kappa shape index (κ2) is 7.33.